The summed E-state index contributed by atoms with van der Waals surface area (Å²) in [7, 11) is 0. The van der Waals surface area contributed by atoms with Crippen molar-refractivity contribution in [3.63, 3.8) is 0 Å². The van der Waals surface area contributed by atoms with Crippen molar-refractivity contribution < 1.29 is 19.1 Å². The maximum atomic E-state index is 13.9. The van der Waals surface area contributed by atoms with E-state index in [1.165, 1.54) is 0 Å². The molecule has 7 nitrogen and oxygen atoms in total. The van der Waals surface area contributed by atoms with Gasteiger partial charge in [-0.2, -0.15) is 0 Å². The van der Waals surface area contributed by atoms with E-state index in [1.807, 2.05) is 17.1 Å². The zero-order chi connectivity index (χ0) is 21.9. The van der Waals surface area contributed by atoms with E-state index in [0.29, 0.717) is 0 Å². The lowest BCUT2D eigenvalue weighted by molar-refractivity contribution is -0.144. The van der Waals surface area contributed by atoms with Crippen molar-refractivity contribution in [3.8, 4) is 0 Å². The largest absolute Gasteiger partial charge is 0.359 e. The molecule has 2 bridgehead atoms. The van der Waals surface area contributed by atoms with Gasteiger partial charge < -0.3 is 20.3 Å². The molecule has 5 fully saturated rings. The van der Waals surface area contributed by atoms with E-state index in [2.05, 4.69) is 10.6 Å². The minimum Gasteiger partial charge on any atom is -0.359 e. The first-order chi connectivity index (χ1) is 15.6. The Balaban J connectivity index is 1.31. The summed E-state index contributed by atoms with van der Waals surface area (Å²) in [6.07, 6.45) is 16.0. The third kappa shape index (κ3) is 3.06. The van der Waals surface area contributed by atoms with Crippen LogP contribution in [-0.2, 0) is 19.1 Å². The average molecular weight is 442 g/mol. The molecule has 5 atom stereocenters. The Bertz CT molecular complexity index is 825. The fraction of sp³-hybridized carbons (Fsp3) is 0.800. The van der Waals surface area contributed by atoms with Gasteiger partial charge in [-0.05, 0) is 38.5 Å². The molecule has 0 unspecified atom stereocenters. The van der Waals surface area contributed by atoms with Gasteiger partial charge in [0.2, 0.25) is 17.7 Å². The van der Waals surface area contributed by atoms with Gasteiger partial charge in [0.25, 0.3) is 0 Å². The number of nitrogens with one attached hydrogen (secondary N) is 2. The second-order valence-electron chi connectivity index (χ2n) is 10.9. The van der Waals surface area contributed by atoms with E-state index >= 15 is 0 Å². The lowest BCUT2D eigenvalue weighted by atomic mass is 9.74. The Labute approximate surface area is 189 Å². The molecule has 0 aromatic rings. The number of fused-ring (bicyclic) bond motifs is 1. The Hall–Kier alpha value is -1.89. The molecule has 6 rings (SSSR count). The molecule has 3 amide bonds. The van der Waals surface area contributed by atoms with Gasteiger partial charge in [-0.25, -0.2) is 0 Å². The van der Waals surface area contributed by atoms with E-state index in [4.69, 9.17) is 4.74 Å². The van der Waals surface area contributed by atoms with E-state index in [1.54, 1.807) is 0 Å². The number of nitrogens with zero attached hydrogens (tertiary/aromatic N) is 1. The highest BCUT2D eigenvalue weighted by Crippen LogP contribution is 2.56. The number of ether oxygens (including phenoxy) is 1. The van der Waals surface area contributed by atoms with Crippen LogP contribution in [0.1, 0.15) is 77.0 Å². The lowest BCUT2D eigenvalue weighted by Crippen LogP contribution is -2.57. The van der Waals surface area contributed by atoms with Crippen LogP contribution < -0.4 is 10.6 Å². The summed E-state index contributed by atoms with van der Waals surface area (Å²) in [5, 5.41) is 6.44. The number of hydrogen-bond donors (Lipinski definition) is 2. The topological polar surface area (TPSA) is 87.7 Å². The number of carbonyl (C=O) groups is 3. The Morgan fingerprint density at radius 1 is 0.875 bits per heavy atom. The van der Waals surface area contributed by atoms with Gasteiger partial charge in [-0.1, -0.05) is 50.7 Å². The highest BCUT2D eigenvalue weighted by atomic mass is 16.5. The van der Waals surface area contributed by atoms with Crippen molar-refractivity contribution in [1.82, 2.24) is 15.5 Å². The molecule has 3 saturated carbocycles. The first-order valence-corrected chi connectivity index (χ1v) is 12.9. The van der Waals surface area contributed by atoms with Crippen LogP contribution in [0.4, 0.5) is 0 Å². The van der Waals surface area contributed by atoms with Crippen LogP contribution in [0.25, 0.3) is 0 Å². The summed E-state index contributed by atoms with van der Waals surface area (Å²) in [5.74, 6) is -1.36. The SMILES string of the molecule is O=C(NC1CCCC1)[C@@H]1[C@H]2C(=O)N(C3CCCC3)[C@H](C(=O)NC3CCCC3)[C@]23C=C[C@H]1O3. The van der Waals surface area contributed by atoms with Gasteiger partial charge in [0.05, 0.1) is 17.9 Å². The summed E-state index contributed by atoms with van der Waals surface area (Å²) < 4.78 is 6.45. The maximum Gasteiger partial charge on any atom is 0.246 e. The molecule has 32 heavy (non-hydrogen) atoms. The van der Waals surface area contributed by atoms with Crippen molar-refractivity contribution in [1.29, 1.82) is 0 Å². The van der Waals surface area contributed by atoms with E-state index < -0.39 is 29.6 Å². The number of carbonyl (C=O) groups excluding carboxylic acids is 3. The smallest absolute Gasteiger partial charge is 0.246 e. The molecular weight excluding hydrogens is 406 g/mol. The molecular formula is C25H35N3O4. The standard InChI is InChI=1S/C25H35N3O4/c29-22(26-15-7-1-2-8-15)19-18-13-14-25(32-18)20(19)24(31)28(17-11-5-6-12-17)21(25)23(30)27-16-9-3-4-10-16/h13-21H,1-12H2,(H,26,29)(H,27,30)/t18-,19+,20+,21-,25+/m1/s1. The third-order valence-electron chi connectivity index (χ3n) is 8.98. The first kappa shape index (κ1) is 20.7. The number of likely N-dealkylation sites (tertiary alicyclic amines) is 1. The minimum absolute atomic E-state index is 0.0538. The molecule has 1 spiro atoms. The second kappa shape index (κ2) is 7.86. The molecule has 3 aliphatic heterocycles. The van der Waals surface area contributed by atoms with Crippen LogP contribution in [0.3, 0.4) is 0 Å². The molecule has 2 saturated heterocycles. The highest BCUT2D eigenvalue weighted by molar-refractivity contribution is 6.00. The van der Waals surface area contributed by atoms with Crippen LogP contribution in [0.15, 0.2) is 12.2 Å². The van der Waals surface area contributed by atoms with Crippen molar-refractivity contribution >= 4 is 17.7 Å². The summed E-state index contributed by atoms with van der Waals surface area (Å²) in [4.78, 5) is 42.8. The van der Waals surface area contributed by atoms with Gasteiger partial charge in [0.15, 0.2) is 0 Å². The third-order valence-corrected chi connectivity index (χ3v) is 8.98. The predicted molar refractivity (Wildman–Crippen MR) is 117 cm³/mol. The fourth-order valence-corrected chi connectivity index (χ4v) is 7.50. The number of amides is 3. The lowest BCUT2D eigenvalue weighted by Gasteiger charge is -2.36. The van der Waals surface area contributed by atoms with Gasteiger partial charge in [-0.3, -0.25) is 14.4 Å². The van der Waals surface area contributed by atoms with Crippen molar-refractivity contribution in [2.24, 2.45) is 11.8 Å². The maximum absolute atomic E-state index is 13.9. The molecule has 3 aliphatic carbocycles. The second-order valence-corrected chi connectivity index (χ2v) is 10.9. The number of hydrogen-bond acceptors (Lipinski definition) is 4. The highest BCUT2D eigenvalue weighted by Gasteiger charge is 2.73. The van der Waals surface area contributed by atoms with Crippen LogP contribution in [-0.4, -0.2) is 58.5 Å². The number of rotatable bonds is 5. The van der Waals surface area contributed by atoms with Crippen LogP contribution in [0.2, 0.25) is 0 Å². The summed E-state index contributed by atoms with van der Waals surface area (Å²) in [5.41, 5.74) is -1.01. The molecule has 0 radical (unpaired) electrons. The minimum atomic E-state index is -1.01. The first-order valence-electron chi connectivity index (χ1n) is 12.9. The van der Waals surface area contributed by atoms with Crippen LogP contribution >= 0.6 is 0 Å². The van der Waals surface area contributed by atoms with Gasteiger partial charge in [-0.15, -0.1) is 0 Å². The quantitative estimate of drug-likeness (QED) is 0.641. The summed E-state index contributed by atoms with van der Waals surface area (Å²) in [6.45, 7) is 0. The predicted octanol–water partition coefficient (Wildman–Crippen LogP) is 2.20. The summed E-state index contributed by atoms with van der Waals surface area (Å²) >= 11 is 0. The molecule has 3 heterocycles. The van der Waals surface area contributed by atoms with Crippen molar-refractivity contribution in [3.05, 3.63) is 12.2 Å². The van der Waals surface area contributed by atoms with Crippen molar-refractivity contribution in [2.75, 3.05) is 0 Å². The molecule has 2 N–H and O–H groups in total. The zero-order valence-corrected chi connectivity index (χ0v) is 18.8. The Morgan fingerprint density at radius 3 is 2.06 bits per heavy atom. The van der Waals surface area contributed by atoms with E-state index in [0.717, 1.165) is 77.0 Å². The molecule has 174 valence electrons. The van der Waals surface area contributed by atoms with Gasteiger partial charge >= 0.3 is 0 Å². The molecule has 7 heteroatoms. The molecule has 0 aromatic heterocycles. The fourth-order valence-electron chi connectivity index (χ4n) is 7.50. The van der Waals surface area contributed by atoms with Crippen LogP contribution in [0, 0.1) is 11.8 Å². The van der Waals surface area contributed by atoms with Crippen molar-refractivity contribution in [2.45, 2.75) is 113 Å². The van der Waals surface area contributed by atoms with E-state index in [-0.39, 0.29) is 35.8 Å². The van der Waals surface area contributed by atoms with Crippen LogP contribution in [0.5, 0.6) is 0 Å². The Kier molecular flexibility index (Phi) is 5.08. The normalized spacial score (nSPS) is 39.4. The van der Waals surface area contributed by atoms with E-state index in [9.17, 15) is 14.4 Å². The van der Waals surface area contributed by atoms with Gasteiger partial charge in [0, 0.05) is 18.1 Å². The monoisotopic (exact) mass is 441 g/mol. The molecule has 6 aliphatic rings. The zero-order valence-electron chi connectivity index (χ0n) is 18.8. The molecule has 0 aromatic carbocycles. The van der Waals surface area contributed by atoms with Gasteiger partial charge in [0.1, 0.15) is 11.6 Å². The summed E-state index contributed by atoms with van der Waals surface area (Å²) in [6, 6.07) is -0.224. The average Bonchev–Trinajstić information content (AvgIpc) is 3.58. The Morgan fingerprint density at radius 2 is 1.44 bits per heavy atom.